The van der Waals surface area contributed by atoms with Crippen molar-refractivity contribution >= 4 is 52.6 Å². The molecule has 4 rings (SSSR count). The van der Waals surface area contributed by atoms with Crippen LogP contribution in [0.2, 0.25) is 0 Å². The Bertz CT molecular complexity index is 1410. The van der Waals surface area contributed by atoms with Gasteiger partial charge in [-0.25, -0.2) is 27.0 Å². The Kier molecular flexibility index (Phi) is 6.28. The Labute approximate surface area is 195 Å². The Morgan fingerprint density at radius 2 is 1.67 bits per heavy atom. The largest absolute Gasteiger partial charge is 0.373 e. The highest BCUT2D eigenvalue weighted by molar-refractivity contribution is 7.89. The summed E-state index contributed by atoms with van der Waals surface area (Å²) in [6.07, 6.45) is -0.410. The van der Waals surface area contributed by atoms with Crippen LogP contribution in [0.3, 0.4) is 0 Å². The molecule has 0 radical (unpaired) electrons. The number of amides is 1. The Morgan fingerprint density at radius 1 is 1.06 bits per heavy atom. The number of rotatable bonds is 5. The molecule has 0 unspecified atom stereocenters. The van der Waals surface area contributed by atoms with Crippen LogP contribution in [-0.4, -0.2) is 57.3 Å². The first-order chi connectivity index (χ1) is 15.4. The molecule has 1 aromatic heterocycles. The minimum Gasteiger partial charge on any atom is -0.373 e. The zero-order valence-electron chi connectivity index (χ0n) is 17.8. The van der Waals surface area contributed by atoms with Gasteiger partial charge in [0.05, 0.1) is 32.2 Å². The third-order valence-electron chi connectivity index (χ3n) is 5.05. The third-order valence-corrected chi connectivity index (χ3v) is 8.74. The van der Waals surface area contributed by atoms with E-state index in [4.69, 9.17) is 9.88 Å². The molecule has 2 heterocycles. The highest BCUT2D eigenvalue weighted by Gasteiger charge is 2.32. The standard InChI is InChI=1S/C20H22N4O6S3/c1-12-10-24(11-13(2)30-12)33(28,29)15-5-3-14(4-6-15)19(25)23-20-22-17-8-7-16(32(21,26)27)9-18(17)31-20/h3-9,12-13H,10-11H2,1-2H3,(H2,21,26,27)(H,22,23,25)/t12-,13+. The first-order valence-electron chi connectivity index (χ1n) is 9.94. The fourth-order valence-corrected chi connectivity index (χ4v) is 6.66. The SMILES string of the molecule is C[C@@H]1CN(S(=O)(=O)c2ccc(C(=O)Nc3nc4ccc(S(N)(=O)=O)cc4s3)cc2)C[C@H](C)O1. The molecule has 0 saturated carbocycles. The maximum Gasteiger partial charge on any atom is 0.257 e. The number of carbonyl (C=O) groups is 1. The lowest BCUT2D eigenvalue weighted by atomic mass is 10.2. The van der Waals surface area contributed by atoms with Gasteiger partial charge in [0, 0.05) is 18.7 Å². The number of aromatic nitrogens is 1. The van der Waals surface area contributed by atoms with E-state index in [0.717, 1.165) is 11.3 Å². The number of benzene rings is 2. The molecule has 13 heteroatoms. The summed E-state index contributed by atoms with van der Waals surface area (Å²) in [6, 6.07) is 9.90. The number of nitrogens with zero attached hydrogens (tertiary/aromatic N) is 2. The molecule has 2 atom stereocenters. The van der Waals surface area contributed by atoms with Crippen molar-refractivity contribution < 1.29 is 26.4 Å². The number of anilines is 1. The van der Waals surface area contributed by atoms with Gasteiger partial charge >= 0.3 is 0 Å². The number of primary sulfonamides is 1. The minimum atomic E-state index is -3.85. The second-order valence-corrected chi connectivity index (χ2v) is 12.3. The summed E-state index contributed by atoms with van der Waals surface area (Å²) in [5, 5.41) is 8.07. The van der Waals surface area contributed by atoms with E-state index in [1.54, 1.807) is 0 Å². The molecular weight excluding hydrogens is 488 g/mol. The van der Waals surface area contributed by atoms with Crippen molar-refractivity contribution in [3.8, 4) is 0 Å². The second-order valence-electron chi connectivity index (χ2n) is 7.75. The van der Waals surface area contributed by atoms with Gasteiger partial charge < -0.3 is 4.74 Å². The van der Waals surface area contributed by atoms with Gasteiger partial charge in [0.1, 0.15) is 0 Å². The number of hydrogen-bond donors (Lipinski definition) is 2. The number of thiazole rings is 1. The summed E-state index contributed by atoms with van der Waals surface area (Å²) in [4.78, 5) is 16.9. The highest BCUT2D eigenvalue weighted by atomic mass is 32.2. The van der Waals surface area contributed by atoms with Crippen LogP contribution >= 0.6 is 11.3 Å². The van der Waals surface area contributed by atoms with E-state index in [1.807, 2.05) is 13.8 Å². The van der Waals surface area contributed by atoms with Crippen LogP contribution in [0.25, 0.3) is 10.2 Å². The molecule has 0 spiro atoms. The summed E-state index contributed by atoms with van der Waals surface area (Å²) in [5.74, 6) is -0.474. The van der Waals surface area contributed by atoms with Gasteiger partial charge in [0.15, 0.2) is 5.13 Å². The van der Waals surface area contributed by atoms with Gasteiger partial charge in [-0.3, -0.25) is 10.1 Å². The van der Waals surface area contributed by atoms with E-state index >= 15 is 0 Å². The average molecular weight is 511 g/mol. The maximum atomic E-state index is 13.0. The molecule has 1 fully saturated rings. The van der Waals surface area contributed by atoms with E-state index in [9.17, 15) is 21.6 Å². The van der Waals surface area contributed by atoms with Crippen molar-refractivity contribution in [1.82, 2.24) is 9.29 Å². The summed E-state index contributed by atoms with van der Waals surface area (Å²) < 4.78 is 56.5. The van der Waals surface area contributed by atoms with Crippen LogP contribution in [0.5, 0.6) is 0 Å². The Balaban J connectivity index is 1.50. The molecule has 10 nitrogen and oxygen atoms in total. The summed E-state index contributed by atoms with van der Waals surface area (Å²) in [6.45, 7) is 4.17. The van der Waals surface area contributed by atoms with Crippen LogP contribution in [0.15, 0.2) is 52.3 Å². The van der Waals surface area contributed by atoms with E-state index in [-0.39, 0.29) is 45.8 Å². The third kappa shape index (κ3) is 5.08. The number of carbonyl (C=O) groups excluding carboxylic acids is 1. The molecule has 0 bridgehead atoms. The van der Waals surface area contributed by atoms with Crippen molar-refractivity contribution in [3.05, 3.63) is 48.0 Å². The first-order valence-corrected chi connectivity index (χ1v) is 13.7. The van der Waals surface area contributed by atoms with Gasteiger partial charge in [-0.1, -0.05) is 11.3 Å². The zero-order chi connectivity index (χ0) is 24.0. The topological polar surface area (TPSA) is 149 Å². The summed E-state index contributed by atoms with van der Waals surface area (Å²) >= 11 is 1.10. The average Bonchev–Trinajstić information content (AvgIpc) is 3.14. The number of morpholine rings is 1. The molecule has 176 valence electrons. The van der Waals surface area contributed by atoms with E-state index in [2.05, 4.69) is 10.3 Å². The number of nitrogens with two attached hydrogens (primary N) is 1. The predicted molar refractivity (Wildman–Crippen MR) is 124 cm³/mol. The van der Waals surface area contributed by atoms with Crippen molar-refractivity contribution in [3.63, 3.8) is 0 Å². The molecule has 1 aliphatic rings. The van der Waals surface area contributed by atoms with Crippen LogP contribution in [-0.2, 0) is 24.8 Å². The Hall–Kier alpha value is -2.42. The van der Waals surface area contributed by atoms with Crippen molar-refractivity contribution in [2.45, 2.75) is 35.8 Å². The summed E-state index contributed by atoms with van der Waals surface area (Å²) in [7, 11) is -7.56. The molecule has 1 saturated heterocycles. The fraction of sp³-hybridized carbons (Fsp3) is 0.300. The number of sulfonamides is 2. The summed E-state index contributed by atoms with van der Waals surface area (Å²) in [5.41, 5.74) is 0.764. The molecular formula is C20H22N4O6S3. The van der Waals surface area contributed by atoms with E-state index < -0.39 is 26.0 Å². The van der Waals surface area contributed by atoms with Crippen LogP contribution in [0, 0.1) is 0 Å². The molecule has 3 N–H and O–H groups in total. The normalized spacial score (nSPS) is 20.1. The van der Waals surface area contributed by atoms with Crippen LogP contribution in [0.1, 0.15) is 24.2 Å². The van der Waals surface area contributed by atoms with Crippen molar-refractivity contribution in [2.75, 3.05) is 18.4 Å². The quantitative estimate of drug-likeness (QED) is 0.533. The number of fused-ring (bicyclic) bond motifs is 1. The minimum absolute atomic E-state index is 0.0441. The molecule has 1 aliphatic heterocycles. The van der Waals surface area contributed by atoms with Gasteiger partial charge in [-0.05, 0) is 56.3 Å². The van der Waals surface area contributed by atoms with Crippen molar-refractivity contribution in [2.24, 2.45) is 5.14 Å². The van der Waals surface area contributed by atoms with Crippen molar-refractivity contribution in [1.29, 1.82) is 0 Å². The van der Waals surface area contributed by atoms with E-state index in [1.165, 1.54) is 46.8 Å². The highest BCUT2D eigenvalue weighted by Crippen LogP contribution is 2.28. The number of hydrogen-bond acceptors (Lipinski definition) is 8. The fourth-order valence-electron chi connectivity index (χ4n) is 3.56. The molecule has 33 heavy (non-hydrogen) atoms. The smallest absolute Gasteiger partial charge is 0.257 e. The Morgan fingerprint density at radius 3 is 2.27 bits per heavy atom. The maximum absolute atomic E-state index is 13.0. The van der Waals surface area contributed by atoms with Crippen LogP contribution in [0.4, 0.5) is 5.13 Å². The molecule has 2 aromatic carbocycles. The lowest BCUT2D eigenvalue weighted by Gasteiger charge is -2.34. The van der Waals surface area contributed by atoms with E-state index in [0.29, 0.717) is 10.2 Å². The molecule has 0 aliphatic carbocycles. The molecule has 1 amide bonds. The first kappa shape index (κ1) is 23.7. The number of ether oxygens (including phenoxy) is 1. The van der Waals surface area contributed by atoms with Gasteiger partial charge in [-0.2, -0.15) is 4.31 Å². The predicted octanol–water partition coefficient (Wildman–Crippen LogP) is 1.99. The number of nitrogens with one attached hydrogen (secondary N) is 1. The van der Waals surface area contributed by atoms with Gasteiger partial charge in [0.2, 0.25) is 20.0 Å². The lowest BCUT2D eigenvalue weighted by Crippen LogP contribution is -2.48. The second kappa shape index (κ2) is 8.74. The van der Waals surface area contributed by atoms with Crippen LogP contribution < -0.4 is 10.5 Å². The van der Waals surface area contributed by atoms with Gasteiger partial charge in [0.25, 0.3) is 5.91 Å². The zero-order valence-corrected chi connectivity index (χ0v) is 20.2. The molecule has 3 aromatic rings. The van der Waals surface area contributed by atoms with Gasteiger partial charge in [-0.15, -0.1) is 0 Å². The monoisotopic (exact) mass is 510 g/mol. The lowest BCUT2D eigenvalue weighted by molar-refractivity contribution is -0.0440.